The number of nitrogens with one attached hydrogen (secondary N) is 1. The number of hydrogen-bond donors (Lipinski definition) is 1. The average Bonchev–Trinajstić information content (AvgIpc) is 2.83. The van der Waals surface area contributed by atoms with Crippen LogP contribution in [0.3, 0.4) is 0 Å². The Kier molecular flexibility index (Phi) is 4.95. The molecular weight excluding hydrogens is 336 g/mol. The largest absolute Gasteiger partial charge is 0.465 e. The maximum atomic E-state index is 12.4. The zero-order valence-electron chi connectivity index (χ0n) is 12.1. The van der Waals surface area contributed by atoms with Gasteiger partial charge in [-0.15, -0.1) is 10.2 Å². The van der Waals surface area contributed by atoms with E-state index in [1.54, 1.807) is 18.5 Å². The van der Waals surface area contributed by atoms with Crippen molar-refractivity contribution in [3.05, 3.63) is 40.1 Å². The predicted molar refractivity (Wildman–Crippen MR) is 83.2 cm³/mol. The molecule has 1 N–H and O–H groups in total. The fourth-order valence-electron chi connectivity index (χ4n) is 2.12. The standard InChI is InChI=1S/C14H17BrN4O2/c1-4-21-13(20)11(9-7-5-6-8-10(9)15)12-17-18-14(16-2)19(12)3/h5-8,11H,4H2,1-3H3,(H,16,18). The molecule has 1 heterocycles. The predicted octanol–water partition coefficient (Wildman–Crippen LogP) is 2.31. The van der Waals surface area contributed by atoms with Gasteiger partial charge in [0.25, 0.3) is 0 Å². The lowest BCUT2D eigenvalue weighted by Gasteiger charge is -2.16. The summed E-state index contributed by atoms with van der Waals surface area (Å²) in [6.07, 6.45) is 0. The first-order valence-electron chi connectivity index (χ1n) is 6.58. The highest BCUT2D eigenvalue weighted by atomic mass is 79.9. The minimum atomic E-state index is -0.625. The van der Waals surface area contributed by atoms with Gasteiger partial charge in [-0.2, -0.15) is 0 Å². The Bertz CT molecular complexity index is 642. The molecule has 1 aromatic heterocycles. The molecule has 112 valence electrons. The summed E-state index contributed by atoms with van der Waals surface area (Å²) in [4.78, 5) is 12.4. The molecule has 0 aliphatic rings. The Labute approximate surface area is 131 Å². The van der Waals surface area contributed by atoms with Gasteiger partial charge >= 0.3 is 5.97 Å². The number of carbonyl (C=O) groups is 1. The summed E-state index contributed by atoms with van der Waals surface area (Å²) in [5, 5.41) is 11.1. The smallest absolute Gasteiger partial charge is 0.321 e. The number of halogens is 1. The van der Waals surface area contributed by atoms with E-state index in [2.05, 4.69) is 31.4 Å². The third kappa shape index (κ3) is 3.07. The molecule has 0 spiro atoms. The Morgan fingerprint density at radius 1 is 1.43 bits per heavy atom. The first kappa shape index (κ1) is 15.5. The summed E-state index contributed by atoms with van der Waals surface area (Å²) in [5.74, 6) is 0.152. The zero-order chi connectivity index (χ0) is 15.4. The molecular formula is C14H17BrN4O2. The van der Waals surface area contributed by atoms with Gasteiger partial charge in [0, 0.05) is 18.6 Å². The molecule has 0 aliphatic heterocycles. The number of aromatic nitrogens is 3. The van der Waals surface area contributed by atoms with Crippen LogP contribution in [-0.4, -0.2) is 34.4 Å². The van der Waals surface area contributed by atoms with E-state index < -0.39 is 5.92 Å². The topological polar surface area (TPSA) is 69.0 Å². The quantitative estimate of drug-likeness (QED) is 0.836. The second kappa shape index (κ2) is 6.71. The van der Waals surface area contributed by atoms with Crippen LogP contribution in [-0.2, 0) is 16.6 Å². The summed E-state index contributed by atoms with van der Waals surface area (Å²) in [5.41, 5.74) is 0.800. The van der Waals surface area contributed by atoms with Crippen LogP contribution in [0.25, 0.3) is 0 Å². The third-order valence-electron chi connectivity index (χ3n) is 3.13. The van der Waals surface area contributed by atoms with Crippen LogP contribution in [0.15, 0.2) is 28.7 Å². The van der Waals surface area contributed by atoms with E-state index in [0.29, 0.717) is 18.4 Å². The molecule has 0 radical (unpaired) electrons. The zero-order valence-corrected chi connectivity index (χ0v) is 13.7. The van der Waals surface area contributed by atoms with Crippen molar-refractivity contribution in [1.82, 2.24) is 14.8 Å². The highest BCUT2D eigenvalue weighted by Gasteiger charge is 2.31. The van der Waals surface area contributed by atoms with Gasteiger partial charge in [0.2, 0.25) is 5.95 Å². The lowest BCUT2D eigenvalue weighted by molar-refractivity contribution is -0.144. The van der Waals surface area contributed by atoms with Crippen LogP contribution in [0.4, 0.5) is 5.95 Å². The van der Waals surface area contributed by atoms with Crippen LogP contribution in [0.5, 0.6) is 0 Å². The molecule has 2 rings (SSSR count). The van der Waals surface area contributed by atoms with Gasteiger partial charge in [0.1, 0.15) is 5.92 Å². The Morgan fingerprint density at radius 3 is 2.71 bits per heavy atom. The summed E-state index contributed by atoms with van der Waals surface area (Å²) in [6, 6.07) is 7.53. The van der Waals surface area contributed by atoms with E-state index in [0.717, 1.165) is 10.0 Å². The van der Waals surface area contributed by atoms with E-state index in [4.69, 9.17) is 4.74 Å². The van der Waals surface area contributed by atoms with E-state index in [-0.39, 0.29) is 5.97 Å². The maximum Gasteiger partial charge on any atom is 0.321 e. The number of nitrogens with zero attached hydrogens (tertiary/aromatic N) is 3. The van der Waals surface area contributed by atoms with Crippen molar-refractivity contribution in [2.24, 2.45) is 7.05 Å². The maximum absolute atomic E-state index is 12.4. The van der Waals surface area contributed by atoms with Crippen molar-refractivity contribution < 1.29 is 9.53 Å². The Morgan fingerprint density at radius 2 is 2.14 bits per heavy atom. The first-order valence-corrected chi connectivity index (χ1v) is 7.37. The highest BCUT2D eigenvalue weighted by molar-refractivity contribution is 9.10. The van der Waals surface area contributed by atoms with Gasteiger partial charge in [0.15, 0.2) is 5.82 Å². The van der Waals surface area contributed by atoms with Gasteiger partial charge in [-0.3, -0.25) is 9.36 Å². The van der Waals surface area contributed by atoms with E-state index in [9.17, 15) is 4.79 Å². The van der Waals surface area contributed by atoms with Gasteiger partial charge in [0.05, 0.1) is 6.61 Å². The van der Waals surface area contributed by atoms with Crippen LogP contribution in [0, 0.1) is 0 Å². The Balaban J connectivity index is 2.53. The number of carbonyl (C=O) groups excluding carboxylic acids is 1. The number of esters is 1. The van der Waals surface area contributed by atoms with Crippen LogP contribution >= 0.6 is 15.9 Å². The van der Waals surface area contributed by atoms with Crippen molar-refractivity contribution in [2.45, 2.75) is 12.8 Å². The SMILES string of the molecule is CCOC(=O)C(c1ccccc1Br)c1nnc(NC)n1C. The molecule has 1 unspecified atom stereocenters. The minimum Gasteiger partial charge on any atom is -0.465 e. The molecule has 1 atom stereocenters. The second-order valence-corrected chi connectivity index (χ2v) is 5.25. The fourth-order valence-corrected chi connectivity index (χ4v) is 2.63. The molecule has 1 aromatic carbocycles. The molecule has 0 saturated heterocycles. The summed E-state index contributed by atoms with van der Waals surface area (Å²) in [7, 11) is 3.57. The molecule has 0 saturated carbocycles. The van der Waals surface area contributed by atoms with Crippen molar-refractivity contribution in [2.75, 3.05) is 19.0 Å². The summed E-state index contributed by atoms with van der Waals surface area (Å²) in [6.45, 7) is 2.10. The average molecular weight is 353 g/mol. The van der Waals surface area contributed by atoms with Crippen LogP contribution in [0.2, 0.25) is 0 Å². The molecule has 0 amide bonds. The van der Waals surface area contributed by atoms with Crippen LogP contribution in [0.1, 0.15) is 24.2 Å². The Hall–Kier alpha value is -1.89. The summed E-state index contributed by atoms with van der Waals surface area (Å²) >= 11 is 3.48. The van der Waals surface area contributed by atoms with E-state index in [1.807, 2.05) is 31.3 Å². The van der Waals surface area contributed by atoms with Crippen molar-refractivity contribution >= 4 is 27.8 Å². The van der Waals surface area contributed by atoms with Gasteiger partial charge < -0.3 is 10.1 Å². The number of rotatable bonds is 5. The molecule has 6 nitrogen and oxygen atoms in total. The molecule has 2 aromatic rings. The minimum absolute atomic E-state index is 0.316. The highest BCUT2D eigenvalue weighted by Crippen LogP contribution is 2.31. The van der Waals surface area contributed by atoms with Gasteiger partial charge in [-0.25, -0.2) is 0 Å². The number of hydrogen-bond acceptors (Lipinski definition) is 5. The molecule has 0 fully saturated rings. The number of anilines is 1. The van der Waals surface area contributed by atoms with Crippen molar-refractivity contribution in [3.8, 4) is 0 Å². The third-order valence-corrected chi connectivity index (χ3v) is 3.85. The monoisotopic (exact) mass is 352 g/mol. The lowest BCUT2D eigenvalue weighted by Crippen LogP contribution is -2.21. The normalized spacial score (nSPS) is 12.0. The fraction of sp³-hybridized carbons (Fsp3) is 0.357. The molecule has 7 heteroatoms. The van der Waals surface area contributed by atoms with Crippen molar-refractivity contribution in [1.29, 1.82) is 0 Å². The molecule has 0 aliphatic carbocycles. The van der Waals surface area contributed by atoms with Gasteiger partial charge in [-0.05, 0) is 18.6 Å². The van der Waals surface area contributed by atoms with Crippen molar-refractivity contribution in [3.63, 3.8) is 0 Å². The lowest BCUT2D eigenvalue weighted by atomic mass is 9.98. The van der Waals surface area contributed by atoms with Crippen LogP contribution < -0.4 is 5.32 Å². The first-order chi connectivity index (χ1) is 10.1. The number of ether oxygens (including phenoxy) is 1. The van der Waals surface area contributed by atoms with Gasteiger partial charge in [-0.1, -0.05) is 34.1 Å². The number of benzene rings is 1. The van der Waals surface area contributed by atoms with E-state index in [1.165, 1.54) is 0 Å². The summed E-state index contributed by atoms with van der Waals surface area (Å²) < 4.78 is 7.79. The molecule has 0 bridgehead atoms. The second-order valence-electron chi connectivity index (χ2n) is 4.40. The molecule has 21 heavy (non-hydrogen) atoms. The van der Waals surface area contributed by atoms with E-state index >= 15 is 0 Å².